The largest absolute Gasteiger partial charge is 0.327 e. The minimum absolute atomic E-state index is 0.357. The van der Waals surface area contributed by atoms with Crippen molar-refractivity contribution in [2.75, 3.05) is 0 Å². The molecule has 62 valence electrons. The van der Waals surface area contributed by atoms with Gasteiger partial charge in [-0.3, -0.25) is 0 Å². The zero-order valence-corrected chi connectivity index (χ0v) is 6.53. The Morgan fingerprint density at radius 1 is 1.18 bits per heavy atom. The predicted molar refractivity (Wildman–Crippen MR) is 42.3 cm³/mol. The molecule has 3 rings (SSSR count). The van der Waals surface area contributed by atoms with Crippen molar-refractivity contribution in [1.29, 1.82) is 0 Å². The molecule has 0 bridgehead atoms. The van der Waals surface area contributed by atoms with Crippen LogP contribution in [0, 0.1) is 23.7 Å². The summed E-state index contributed by atoms with van der Waals surface area (Å²) in [6.07, 6.45) is 2.26. The first-order valence-electron chi connectivity index (χ1n) is 4.44. The maximum absolute atomic E-state index is 5.88. The standard InChI is InChI=1S/C8H15N3/c9-5-1-3-4-2-8(10,11)7(4)6(3)5/h3-7H,1-2,9-11H2. The number of hydrogen-bond acceptors (Lipinski definition) is 3. The average molecular weight is 153 g/mol. The third kappa shape index (κ3) is 0.504. The van der Waals surface area contributed by atoms with Crippen LogP contribution in [-0.2, 0) is 0 Å². The van der Waals surface area contributed by atoms with Crippen LogP contribution in [-0.4, -0.2) is 11.7 Å². The molecule has 3 heteroatoms. The number of hydrogen-bond donors (Lipinski definition) is 3. The molecule has 0 aromatic heterocycles. The molecule has 11 heavy (non-hydrogen) atoms. The van der Waals surface area contributed by atoms with Crippen LogP contribution in [0.25, 0.3) is 0 Å². The van der Waals surface area contributed by atoms with Crippen molar-refractivity contribution in [1.82, 2.24) is 0 Å². The molecule has 3 aliphatic carbocycles. The molecule has 3 fully saturated rings. The molecule has 0 spiro atoms. The summed E-state index contributed by atoms with van der Waals surface area (Å²) in [6.45, 7) is 0. The van der Waals surface area contributed by atoms with Crippen molar-refractivity contribution in [3.05, 3.63) is 0 Å². The summed E-state index contributed by atoms with van der Waals surface area (Å²) in [7, 11) is 0. The predicted octanol–water partition coefficient (Wildman–Crippen LogP) is -0.787. The van der Waals surface area contributed by atoms with Crippen molar-refractivity contribution in [2.24, 2.45) is 40.9 Å². The van der Waals surface area contributed by atoms with Crippen molar-refractivity contribution in [3.63, 3.8) is 0 Å². The van der Waals surface area contributed by atoms with E-state index in [4.69, 9.17) is 17.2 Å². The topological polar surface area (TPSA) is 78.1 Å². The van der Waals surface area contributed by atoms with Gasteiger partial charge in [-0.25, -0.2) is 0 Å². The minimum atomic E-state index is -0.357. The van der Waals surface area contributed by atoms with Gasteiger partial charge < -0.3 is 17.2 Å². The highest BCUT2D eigenvalue weighted by Crippen LogP contribution is 2.68. The van der Waals surface area contributed by atoms with E-state index in [1.54, 1.807) is 0 Å². The lowest BCUT2D eigenvalue weighted by atomic mass is 9.34. The highest BCUT2D eigenvalue weighted by atomic mass is 15.1. The van der Waals surface area contributed by atoms with Crippen LogP contribution < -0.4 is 17.2 Å². The quantitative estimate of drug-likeness (QED) is 0.399. The monoisotopic (exact) mass is 153 g/mol. The molecule has 3 nitrogen and oxygen atoms in total. The van der Waals surface area contributed by atoms with Gasteiger partial charge in [-0.2, -0.15) is 0 Å². The van der Waals surface area contributed by atoms with Gasteiger partial charge in [-0.1, -0.05) is 0 Å². The summed E-state index contributed by atoms with van der Waals surface area (Å²) in [4.78, 5) is 0. The Balaban J connectivity index is 1.81. The van der Waals surface area contributed by atoms with E-state index in [0.717, 1.165) is 18.3 Å². The SMILES string of the molecule is NC1CC2C3CC(N)(N)C3C12. The van der Waals surface area contributed by atoms with Crippen LogP contribution in [0.4, 0.5) is 0 Å². The molecule has 0 aliphatic heterocycles. The summed E-state index contributed by atoms with van der Waals surface area (Å²) in [6, 6.07) is 0.410. The molecular weight excluding hydrogens is 138 g/mol. The fourth-order valence-electron chi connectivity index (χ4n) is 3.57. The van der Waals surface area contributed by atoms with E-state index in [0.29, 0.717) is 17.9 Å². The molecule has 3 aliphatic rings. The lowest BCUT2D eigenvalue weighted by Crippen LogP contribution is -2.82. The second-order valence-electron chi connectivity index (χ2n) is 4.65. The van der Waals surface area contributed by atoms with Gasteiger partial charge in [0.05, 0.1) is 5.66 Å². The Kier molecular flexibility index (Phi) is 0.866. The van der Waals surface area contributed by atoms with Gasteiger partial charge in [-0.15, -0.1) is 0 Å². The second-order valence-corrected chi connectivity index (χ2v) is 4.65. The molecule has 0 heterocycles. The third-order valence-electron chi connectivity index (χ3n) is 4.17. The first-order valence-corrected chi connectivity index (χ1v) is 4.44. The van der Waals surface area contributed by atoms with Crippen LogP contribution in [0.3, 0.4) is 0 Å². The first-order chi connectivity index (χ1) is 5.11. The molecular formula is C8H15N3. The Hall–Kier alpha value is -0.120. The summed E-state index contributed by atoms with van der Waals surface area (Å²) in [5.41, 5.74) is 17.3. The number of fused-ring (bicyclic) bond motifs is 4. The maximum Gasteiger partial charge on any atom is 0.0674 e. The van der Waals surface area contributed by atoms with Crippen molar-refractivity contribution >= 4 is 0 Å². The fourth-order valence-corrected chi connectivity index (χ4v) is 3.57. The second kappa shape index (κ2) is 1.49. The van der Waals surface area contributed by atoms with Crippen molar-refractivity contribution in [3.8, 4) is 0 Å². The molecule has 0 aromatic carbocycles. The fraction of sp³-hybridized carbons (Fsp3) is 1.00. The highest BCUT2D eigenvalue weighted by Gasteiger charge is 2.70. The molecule has 0 amide bonds. The summed E-state index contributed by atoms with van der Waals surface area (Å²) in [5, 5.41) is 0. The third-order valence-corrected chi connectivity index (χ3v) is 4.17. The van der Waals surface area contributed by atoms with Gasteiger partial charge in [0.2, 0.25) is 0 Å². The zero-order valence-electron chi connectivity index (χ0n) is 6.53. The highest BCUT2D eigenvalue weighted by molar-refractivity contribution is 5.22. The summed E-state index contributed by atoms with van der Waals surface area (Å²) in [5.74, 6) is 2.99. The van der Waals surface area contributed by atoms with Crippen molar-refractivity contribution in [2.45, 2.75) is 24.5 Å². The Morgan fingerprint density at radius 2 is 1.91 bits per heavy atom. The van der Waals surface area contributed by atoms with Gasteiger partial charge in [0, 0.05) is 6.04 Å². The molecule has 3 saturated carbocycles. The molecule has 0 aromatic rings. The van der Waals surface area contributed by atoms with Gasteiger partial charge in [0.15, 0.2) is 0 Å². The maximum atomic E-state index is 5.88. The summed E-state index contributed by atoms with van der Waals surface area (Å²) < 4.78 is 0. The minimum Gasteiger partial charge on any atom is -0.327 e. The summed E-state index contributed by atoms with van der Waals surface area (Å²) >= 11 is 0. The average Bonchev–Trinajstić information content (AvgIpc) is 1.91. The molecule has 5 unspecified atom stereocenters. The Labute approximate surface area is 66.3 Å². The number of nitrogens with two attached hydrogens (primary N) is 3. The van der Waals surface area contributed by atoms with Gasteiger partial charge in [0.25, 0.3) is 0 Å². The van der Waals surface area contributed by atoms with E-state index < -0.39 is 0 Å². The van der Waals surface area contributed by atoms with E-state index in [1.165, 1.54) is 6.42 Å². The first kappa shape index (κ1) is 6.40. The van der Waals surface area contributed by atoms with Gasteiger partial charge in [-0.05, 0) is 36.5 Å². The van der Waals surface area contributed by atoms with E-state index in [1.807, 2.05) is 0 Å². The van der Waals surface area contributed by atoms with Gasteiger partial charge >= 0.3 is 0 Å². The molecule has 0 saturated heterocycles. The molecule has 5 atom stereocenters. The Bertz CT molecular complexity index is 213. The van der Waals surface area contributed by atoms with Crippen LogP contribution in [0.1, 0.15) is 12.8 Å². The van der Waals surface area contributed by atoms with Crippen molar-refractivity contribution < 1.29 is 0 Å². The van der Waals surface area contributed by atoms with Gasteiger partial charge in [0.1, 0.15) is 0 Å². The normalized spacial score (nSPS) is 63.0. The van der Waals surface area contributed by atoms with Crippen LogP contribution in [0.15, 0.2) is 0 Å². The van der Waals surface area contributed by atoms with Crippen LogP contribution >= 0.6 is 0 Å². The molecule has 0 radical (unpaired) electrons. The van der Waals surface area contributed by atoms with E-state index in [9.17, 15) is 0 Å². The van der Waals surface area contributed by atoms with Crippen LogP contribution in [0.5, 0.6) is 0 Å². The van der Waals surface area contributed by atoms with E-state index in [-0.39, 0.29) is 5.66 Å². The lowest BCUT2D eigenvalue weighted by Gasteiger charge is -2.73. The van der Waals surface area contributed by atoms with E-state index >= 15 is 0 Å². The van der Waals surface area contributed by atoms with E-state index in [2.05, 4.69) is 0 Å². The van der Waals surface area contributed by atoms with Crippen LogP contribution in [0.2, 0.25) is 0 Å². The molecule has 6 N–H and O–H groups in total. The lowest BCUT2D eigenvalue weighted by molar-refractivity contribution is -0.225. The number of rotatable bonds is 0. The zero-order chi connectivity index (χ0) is 7.80. The Morgan fingerprint density at radius 3 is 2.36 bits per heavy atom. The smallest absolute Gasteiger partial charge is 0.0674 e.